The van der Waals surface area contributed by atoms with E-state index >= 15 is 0 Å². The van der Waals surface area contributed by atoms with Crippen LogP contribution in [0.25, 0.3) is 0 Å². The number of rotatable bonds is 6. The Balaban J connectivity index is 1.93. The molecule has 138 valence electrons. The molecule has 25 heavy (non-hydrogen) atoms. The van der Waals surface area contributed by atoms with E-state index in [0.717, 1.165) is 0 Å². The van der Waals surface area contributed by atoms with Crippen molar-refractivity contribution in [1.82, 2.24) is 4.90 Å². The van der Waals surface area contributed by atoms with E-state index in [2.05, 4.69) is 10.1 Å². The molecule has 1 aromatic carbocycles. The molecule has 2 atom stereocenters. The van der Waals surface area contributed by atoms with Gasteiger partial charge in [-0.2, -0.15) is 8.78 Å². The zero-order valence-electron chi connectivity index (χ0n) is 13.5. The van der Waals surface area contributed by atoms with Gasteiger partial charge in [-0.1, -0.05) is 18.5 Å². The molecule has 0 aliphatic carbocycles. The summed E-state index contributed by atoms with van der Waals surface area (Å²) >= 11 is 5.84. The minimum absolute atomic E-state index is 0.0427. The van der Waals surface area contributed by atoms with Gasteiger partial charge in [-0.05, 0) is 30.5 Å². The molecule has 6 nitrogen and oxygen atoms in total. The Labute approximate surface area is 148 Å². The number of anilines is 1. The number of carbonyl (C=O) groups is 2. The molecule has 1 fully saturated rings. The SMILES string of the molecule is CC1CC(C(=O)O)CN(CC(=O)Nc2ccc(OC(F)F)c(Cl)c2)C1. The smallest absolute Gasteiger partial charge is 0.387 e. The average Bonchev–Trinajstić information content (AvgIpc) is 2.48. The second-order valence-electron chi connectivity index (χ2n) is 6.14. The highest BCUT2D eigenvalue weighted by atomic mass is 35.5. The Morgan fingerprint density at radius 3 is 2.76 bits per heavy atom. The van der Waals surface area contributed by atoms with Gasteiger partial charge in [-0.25, -0.2) is 0 Å². The van der Waals surface area contributed by atoms with Crippen LogP contribution in [0.15, 0.2) is 18.2 Å². The standard InChI is InChI=1S/C16H19ClF2N2O4/c1-9-4-10(15(23)24)7-21(6-9)8-14(22)20-11-2-3-13(12(17)5-11)25-16(18)19/h2-3,5,9-10,16H,4,6-8H2,1H3,(H,20,22)(H,23,24). The molecule has 1 saturated heterocycles. The third kappa shape index (κ3) is 5.82. The molecule has 9 heteroatoms. The number of amides is 1. The first kappa shape index (κ1) is 19.4. The number of halogens is 3. The number of carbonyl (C=O) groups excluding carboxylic acids is 1. The lowest BCUT2D eigenvalue weighted by atomic mass is 9.90. The predicted octanol–water partition coefficient (Wildman–Crippen LogP) is 2.92. The van der Waals surface area contributed by atoms with Gasteiger partial charge in [0.1, 0.15) is 5.75 Å². The number of ether oxygens (including phenoxy) is 1. The van der Waals surface area contributed by atoms with E-state index in [9.17, 15) is 18.4 Å². The first-order chi connectivity index (χ1) is 11.7. The topological polar surface area (TPSA) is 78.9 Å². The van der Waals surface area contributed by atoms with Gasteiger partial charge in [0.25, 0.3) is 0 Å². The largest absolute Gasteiger partial charge is 0.481 e. The number of hydrogen-bond donors (Lipinski definition) is 2. The van der Waals surface area contributed by atoms with Crippen LogP contribution in [0.4, 0.5) is 14.5 Å². The molecule has 1 aliphatic heterocycles. The van der Waals surface area contributed by atoms with E-state index in [1.54, 1.807) is 4.90 Å². The number of piperidine rings is 1. The normalized spacial score (nSPS) is 21.2. The molecule has 0 bridgehead atoms. The molecule has 2 N–H and O–H groups in total. The molecule has 0 aromatic heterocycles. The quantitative estimate of drug-likeness (QED) is 0.798. The fourth-order valence-corrected chi connectivity index (χ4v) is 3.17. The Morgan fingerprint density at radius 1 is 1.44 bits per heavy atom. The molecule has 1 aromatic rings. The van der Waals surface area contributed by atoms with Gasteiger partial charge < -0.3 is 15.2 Å². The van der Waals surface area contributed by atoms with Gasteiger partial charge in [0.05, 0.1) is 17.5 Å². The fraction of sp³-hybridized carbons (Fsp3) is 0.500. The Hall–Kier alpha value is -1.93. The van der Waals surface area contributed by atoms with Crippen LogP contribution in [0.3, 0.4) is 0 Å². The van der Waals surface area contributed by atoms with E-state index in [4.69, 9.17) is 16.7 Å². The Kier molecular flexibility index (Phi) is 6.55. The third-order valence-corrected chi connectivity index (χ3v) is 4.18. The highest BCUT2D eigenvalue weighted by molar-refractivity contribution is 6.32. The van der Waals surface area contributed by atoms with Gasteiger partial charge in [-0.3, -0.25) is 14.5 Å². The monoisotopic (exact) mass is 376 g/mol. The van der Waals surface area contributed by atoms with Crippen LogP contribution >= 0.6 is 11.6 Å². The minimum atomic E-state index is -2.98. The van der Waals surface area contributed by atoms with Crippen molar-refractivity contribution in [2.75, 3.05) is 25.0 Å². The number of likely N-dealkylation sites (tertiary alicyclic amines) is 1. The summed E-state index contributed by atoms with van der Waals surface area (Å²) in [4.78, 5) is 25.1. The number of aliphatic carboxylic acids is 1. The maximum Gasteiger partial charge on any atom is 0.387 e. The molecule has 1 heterocycles. The number of carboxylic acid groups (broad SMARTS) is 1. The molecule has 0 spiro atoms. The molecule has 1 amide bonds. The van der Waals surface area contributed by atoms with E-state index < -0.39 is 18.5 Å². The van der Waals surface area contributed by atoms with Crippen molar-refractivity contribution in [1.29, 1.82) is 0 Å². The van der Waals surface area contributed by atoms with Gasteiger partial charge in [0.15, 0.2) is 0 Å². The summed E-state index contributed by atoms with van der Waals surface area (Å²) in [6, 6.07) is 3.96. The van der Waals surface area contributed by atoms with Crippen molar-refractivity contribution in [3.05, 3.63) is 23.2 Å². The van der Waals surface area contributed by atoms with Crippen molar-refractivity contribution < 1.29 is 28.2 Å². The lowest BCUT2D eigenvalue weighted by Crippen LogP contribution is -2.45. The Morgan fingerprint density at radius 2 is 2.16 bits per heavy atom. The van der Waals surface area contributed by atoms with Crippen LogP contribution in [0.1, 0.15) is 13.3 Å². The van der Waals surface area contributed by atoms with Crippen LogP contribution in [0, 0.1) is 11.8 Å². The summed E-state index contributed by atoms with van der Waals surface area (Å²) in [5.41, 5.74) is 0.344. The van der Waals surface area contributed by atoms with Crippen molar-refractivity contribution in [3.8, 4) is 5.75 Å². The number of nitrogens with zero attached hydrogens (tertiary/aromatic N) is 1. The zero-order chi connectivity index (χ0) is 18.6. The lowest BCUT2D eigenvalue weighted by Gasteiger charge is -2.34. The average molecular weight is 377 g/mol. The third-order valence-electron chi connectivity index (χ3n) is 3.88. The summed E-state index contributed by atoms with van der Waals surface area (Å²) in [5, 5.41) is 11.7. The lowest BCUT2D eigenvalue weighted by molar-refractivity contribution is -0.144. The van der Waals surface area contributed by atoms with Crippen molar-refractivity contribution in [2.45, 2.75) is 20.0 Å². The second-order valence-corrected chi connectivity index (χ2v) is 6.55. The molecule has 2 rings (SSSR count). The number of benzene rings is 1. The summed E-state index contributed by atoms with van der Waals surface area (Å²) in [5.74, 6) is -1.68. The molecular weight excluding hydrogens is 358 g/mol. The predicted molar refractivity (Wildman–Crippen MR) is 88.1 cm³/mol. The zero-order valence-corrected chi connectivity index (χ0v) is 14.3. The molecule has 2 unspecified atom stereocenters. The Bertz CT molecular complexity index is 645. The van der Waals surface area contributed by atoms with Crippen molar-refractivity contribution in [2.24, 2.45) is 11.8 Å². The maximum atomic E-state index is 12.2. The van der Waals surface area contributed by atoms with E-state index in [1.807, 2.05) is 6.92 Å². The van der Waals surface area contributed by atoms with E-state index in [1.165, 1.54) is 18.2 Å². The van der Waals surface area contributed by atoms with Crippen LogP contribution < -0.4 is 10.1 Å². The molecule has 0 saturated carbocycles. The number of hydrogen-bond acceptors (Lipinski definition) is 4. The summed E-state index contributed by atoms with van der Waals surface area (Å²) < 4.78 is 28.6. The van der Waals surface area contributed by atoms with Gasteiger partial charge >= 0.3 is 12.6 Å². The summed E-state index contributed by atoms with van der Waals surface area (Å²) in [6.07, 6.45) is 0.592. The van der Waals surface area contributed by atoms with Crippen LogP contribution in [0.2, 0.25) is 5.02 Å². The van der Waals surface area contributed by atoms with Crippen molar-refractivity contribution >= 4 is 29.2 Å². The van der Waals surface area contributed by atoms with Crippen LogP contribution in [-0.4, -0.2) is 48.1 Å². The highest BCUT2D eigenvalue weighted by Crippen LogP contribution is 2.29. The van der Waals surface area contributed by atoms with Gasteiger partial charge in [-0.15, -0.1) is 0 Å². The van der Waals surface area contributed by atoms with Gasteiger partial charge in [0, 0.05) is 18.8 Å². The fourth-order valence-electron chi connectivity index (χ4n) is 2.94. The van der Waals surface area contributed by atoms with Crippen molar-refractivity contribution in [3.63, 3.8) is 0 Å². The summed E-state index contributed by atoms with van der Waals surface area (Å²) in [6.45, 7) is -0.0438. The molecule has 1 aliphatic rings. The van der Waals surface area contributed by atoms with Gasteiger partial charge in [0.2, 0.25) is 5.91 Å². The van der Waals surface area contributed by atoms with E-state index in [0.29, 0.717) is 25.2 Å². The minimum Gasteiger partial charge on any atom is -0.481 e. The van der Waals surface area contributed by atoms with Crippen LogP contribution in [0.5, 0.6) is 5.75 Å². The maximum absolute atomic E-state index is 12.2. The first-order valence-electron chi connectivity index (χ1n) is 7.74. The number of alkyl halides is 2. The summed E-state index contributed by atoms with van der Waals surface area (Å²) in [7, 11) is 0. The first-order valence-corrected chi connectivity index (χ1v) is 8.11. The highest BCUT2D eigenvalue weighted by Gasteiger charge is 2.30. The van der Waals surface area contributed by atoms with E-state index in [-0.39, 0.29) is 29.1 Å². The molecule has 0 radical (unpaired) electrons. The number of carboxylic acids is 1. The second kappa shape index (κ2) is 8.44. The number of nitrogens with one attached hydrogen (secondary N) is 1. The molecular formula is C16H19ClF2N2O4. The van der Waals surface area contributed by atoms with Crippen LogP contribution in [-0.2, 0) is 9.59 Å².